The van der Waals surface area contributed by atoms with Crippen molar-refractivity contribution in [2.45, 2.75) is 42.6 Å². The van der Waals surface area contributed by atoms with Crippen molar-refractivity contribution in [3.05, 3.63) is 35.9 Å². The van der Waals surface area contributed by atoms with Crippen LogP contribution >= 0.6 is 23.1 Å². The molecule has 25 heavy (non-hydrogen) atoms. The number of nitrogens with one attached hydrogen (secondary N) is 2. The van der Waals surface area contributed by atoms with Crippen LogP contribution in [-0.2, 0) is 11.3 Å². The quantitative estimate of drug-likeness (QED) is 0.657. The van der Waals surface area contributed by atoms with Crippen molar-refractivity contribution < 1.29 is 4.79 Å². The molecule has 0 aliphatic heterocycles. The molecule has 5 nitrogen and oxygen atoms in total. The Morgan fingerprint density at radius 1 is 1.16 bits per heavy atom. The molecule has 2 saturated carbocycles. The van der Waals surface area contributed by atoms with Gasteiger partial charge < -0.3 is 10.6 Å². The van der Waals surface area contributed by atoms with E-state index in [1.54, 1.807) is 0 Å². The lowest BCUT2D eigenvalue weighted by molar-refractivity contribution is -0.119. The molecule has 0 bridgehead atoms. The third-order valence-corrected chi connectivity index (χ3v) is 6.62. The first-order valence-corrected chi connectivity index (χ1v) is 10.6. The summed E-state index contributed by atoms with van der Waals surface area (Å²) in [7, 11) is 0. The maximum absolute atomic E-state index is 12.2. The Labute approximate surface area is 156 Å². The van der Waals surface area contributed by atoms with Gasteiger partial charge >= 0.3 is 0 Å². The second-order valence-electron chi connectivity index (χ2n) is 6.77. The molecule has 132 valence electrons. The fourth-order valence-electron chi connectivity index (χ4n) is 3.00. The average Bonchev–Trinajstić information content (AvgIpc) is 3.56. The lowest BCUT2D eigenvalue weighted by Gasteiger charge is -2.17. The highest BCUT2D eigenvalue weighted by atomic mass is 32.2. The molecule has 2 aromatic rings. The zero-order valence-corrected chi connectivity index (χ0v) is 15.6. The van der Waals surface area contributed by atoms with Crippen LogP contribution in [0.5, 0.6) is 0 Å². The van der Waals surface area contributed by atoms with Crippen molar-refractivity contribution in [1.82, 2.24) is 15.5 Å². The third-order valence-electron chi connectivity index (χ3n) is 4.61. The second kappa shape index (κ2) is 7.74. The normalized spacial score (nSPS) is 16.8. The number of hydrogen-bond donors (Lipinski definition) is 2. The molecule has 2 fully saturated rings. The lowest BCUT2D eigenvalue weighted by Crippen LogP contribution is -2.39. The molecule has 4 rings (SSSR count). The fraction of sp³-hybridized carbons (Fsp3) is 0.500. The van der Waals surface area contributed by atoms with Gasteiger partial charge in [-0.1, -0.05) is 53.4 Å². The summed E-state index contributed by atoms with van der Waals surface area (Å²) in [5.41, 5.74) is 1.21. The molecule has 0 atom stereocenters. The molecule has 2 aliphatic rings. The summed E-state index contributed by atoms with van der Waals surface area (Å²) in [6.45, 7) is 0.727. The van der Waals surface area contributed by atoms with Gasteiger partial charge in [-0.05, 0) is 43.1 Å². The Hall–Kier alpha value is -1.60. The minimum Gasteiger partial charge on any atom is -0.356 e. The molecule has 1 heterocycles. The number of rotatable bonds is 9. The van der Waals surface area contributed by atoms with Crippen molar-refractivity contribution in [2.24, 2.45) is 11.8 Å². The monoisotopic (exact) mass is 374 g/mol. The number of amides is 1. The van der Waals surface area contributed by atoms with Crippen molar-refractivity contribution >= 4 is 34.1 Å². The zero-order chi connectivity index (χ0) is 17.1. The summed E-state index contributed by atoms with van der Waals surface area (Å²) < 4.78 is 0.833. The Morgan fingerprint density at radius 3 is 2.56 bits per heavy atom. The van der Waals surface area contributed by atoms with Crippen molar-refractivity contribution in [2.75, 3.05) is 11.1 Å². The third kappa shape index (κ3) is 4.95. The van der Waals surface area contributed by atoms with Crippen LogP contribution in [0.1, 0.15) is 31.2 Å². The number of hydrogen-bond acceptors (Lipinski definition) is 6. The summed E-state index contributed by atoms with van der Waals surface area (Å²) in [6, 6.07) is 10.6. The lowest BCUT2D eigenvalue weighted by atomic mass is 10.1. The van der Waals surface area contributed by atoms with Crippen LogP contribution < -0.4 is 10.6 Å². The van der Waals surface area contributed by atoms with Gasteiger partial charge in [-0.2, -0.15) is 0 Å². The molecular formula is C18H22N4OS2. The molecule has 1 aromatic heterocycles. The van der Waals surface area contributed by atoms with Crippen LogP contribution in [0.25, 0.3) is 0 Å². The average molecular weight is 375 g/mol. The van der Waals surface area contributed by atoms with Crippen LogP contribution in [0.4, 0.5) is 5.13 Å². The van der Waals surface area contributed by atoms with Gasteiger partial charge in [0.05, 0.1) is 5.75 Å². The molecule has 2 N–H and O–H groups in total. The fourth-order valence-corrected chi connectivity index (χ4v) is 4.56. The van der Waals surface area contributed by atoms with E-state index in [0.717, 1.165) is 27.9 Å². The van der Waals surface area contributed by atoms with Gasteiger partial charge in [-0.15, -0.1) is 10.2 Å². The number of carbonyl (C=O) groups excluding carboxylic acids is 1. The van der Waals surface area contributed by atoms with E-state index in [1.165, 1.54) is 54.3 Å². The first-order valence-electron chi connectivity index (χ1n) is 8.81. The number of carbonyl (C=O) groups is 1. The molecule has 1 aromatic carbocycles. The van der Waals surface area contributed by atoms with E-state index in [0.29, 0.717) is 11.8 Å². The highest BCUT2D eigenvalue weighted by molar-refractivity contribution is 8.01. The van der Waals surface area contributed by atoms with E-state index in [4.69, 9.17) is 0 Å². The Kier molecular flexibility index (Phi) is 5.22. The van der Waals surface area contributed by atoms with Crippen LogP contribution in [0.3, 0.4) is 0 Å². The summed E-state index contributed by atoms with van der Waals surface area (Å²) >= 11 is 2.97. The molecule has 7 heteroatoms. The molecule has 0 unspecified atom stereocenters. The van der Waals surface area contributed by atoms with E-state index >= 15 is 0 Å². The minimum absolute atomic E-state index is 0.128. The van der Waals surface area contributed by atoms with Gasteiger partial charge in [0, 0.05) is 12.6 Å². The van der Waals surface area contributed by atoms with Crippen molar-refractivity contribution in [3.8, 4) is 0 Å². The van der Waals surface area contributed by atoms with Crippen molar-refractivity contribution in [3.63, 3.8) is 0 Å². The Balaban J connectivity index is 1.21. The predicted molar refractivity (Wildman–Crippen MR) is 102 cm³/mol. The van der Waals surface area contributed by atoms with E-state index < -0.39 is 0 Å². The number of anilines is 1. The van der Waals surface area contributed by atoms with E-state index in [2.05, 4.69) is 33.0 Å². The number of thioether (sulfide) groups is 1. The Morgan fingerprint density at radius 2 is 1.88 bits per heavy atom. The first kappa shape index (κ1) is 16.8. The van der Waals surface area contributed by atoms with Crippen LogP contribution in [0, 0.1) is 11.8 Å². The summed E-state index contributed by atoms with van der Waals surface area (Å²) in [4.78, 5) is 12.2. The molecule has 1 amide bonds. The van der Waals surface area contributed by atoms with Gasteiger partial charge in [-0.3, -0.25) is 4.79 Å². The highest BCUT2D eigenvalue weighted by Gasteiger charge is 2.42. The molecule has 0 saturated heterocycles. The van der Waals surface area contributed by atoms with Gasteiger partial charge in [0.1, 0.15) is 0 Å². The van der Waals surface area contributed by atoms with Crippen LogP contribution in [0.2, 0.25) is 0 Å². The van der Waals surface area contributed by atoms with Crippen LogP contribution in [-0.4, -0.2) is 27.9 Å². The summed E-state index contributed by atoms with van der Waals surface area (Å²) in [5.74, 6) is 2.01. The van der Waals surface area contributed by atoms with E-state index in [1.807, 2.05) is 18.2 Å². The highest BCUT2D eigenvalue weighted by Crippen LogP contribution is 2.44. The number of nitrogens with zero attached hydrogens (tertiary/aromatic N) is 2. The van der Waals surface area contributed by atoms with Crippen molar-refractivity contribution in [1.29, 1.82) is 0 Å². The Bertz CT molecular complexity index is 701. The molecule has 2 aliphatic carbocycles. The van der Waals surface area contributed by atoms with Crippen LogP contribution in [0.15, 0.2) is 34.7 Å². The molecule has 0 radical (unpaired) electrons. The van der Waals surface area contributed by atoms with Gasteiger partial charge in [0.25, 0.3) is 0 Å². The van der Waals surface area contributed by atoms with Gasteiger partial charge in [0.15, 0.2) is 4.34 Å². The minimum atomic E-state index is 0.128. The van der Waals surface area contributed by atoms with Gasteiger partial charge in [0.2, 0.25) is 11.0 Å². The van der Waals surface area contributed by atoms with E-state index in [9.17, 15) is 4.79 Å². The predicted octanol–water partition coefficient (Wildman–Crippen LogP) is 3.55. The molecular weight excluding hydrogens is 352 g/mol. The zero-order valence-electron chi connectivity index (χ0n) is 14.0. The topological polar surface area (TPSA) is 66.9 Å². The van der Waals surface area contributed by atoms with E-state index in [-0.39, 0.29) is 5.91 Å². The maximum atomic E-state index is 12.2. The smallest absolute Gasteiger partial charge is 0.230 e. The summed E-state index contributed by atoms with van der Waals surface area (Å²) in [5, 5.41) is 15.6. The first-order chi connectivity index (χ1) is 12.3. The molecule has 0 spiro atoms. The largest absolute Gasteiger partial charge is 0.356 e. The SMILES string of the molecule is O=C(CSc1nnc(NCc2ccccc2)s1)NC(C1CC1)C1CC1. The number of aromatic nitrogens is 2. The van der Waals surface area contributed by atoms with Gasteiger partial charge in [-0.25, -0.2) is 0 Å². The number of benzene rings is 1. The maximum Gasteiger partial charge on any atom is 0.230 e. The summed E-state index contributed by atoms with van der Waals surface area (Å²) in [6.07, 6.45) is 5.12. The second-order valence-corrected chi connectivity index (χ2v) is 8.97. The standard InChI is InChI=1S/C18H22N4OS2/c23-15(20-16(13-6-7-13)14-8-9-14)11-24-18-22-21-17(25-18)19-10-12-4-2-1-3-5-12/h1-5,13-14,16H,6-11H2,(H,19,21)(H,20,23).